The van der Waals surface area contributed by atoms with Gasteiger partial charge in [-0.1, -0.05) is 36.8 Å². The van der Waals surface area contributed by atoms with Crippen LogP contribution in [-0.2, 0) is 25.6 Å². The van der Waals surface area contributed by atoms with Crippen molar-refractivity contribution >= 4 is 52.5 Å². The molecule has 2 aromatic carbocycles. The molecule has 3 fully saturated rings. The van der Waals surface area contributed by atoms with Crippen molar-refractivity contribution in [2.45, 2.75) is 41.9 Å². The molecule has 4 amide bonds. The molecule has 1 N–H and O–H groups in total. The fourth-order valence-corrected chi connectivity index (χ4v) is 8.16. The molecule has 0 spiro atoms. The van der Waals surface area contributed by atoms with Gasteiger partial charge >= 0.3 is 0 Å². The van der Waals surface area contributed by atoms with E-state index in [0.29, 0.717) is 16.8 Å². The minimum absolute atomic E-state index is 0.0831. The first-order valence-corrected chi connectivity index (χ1v) is 14.0. The zero-order valence-electron chi connectivity index (χ0n) is 22.2. The maximum atomic E-state index is 14.0. The van der Waals surface area contributed by atoms with Gasteiger partial charge in [0, 0.05) is 13.0 Å². The second kappa shape index (κ2) is 9.08. The standard InChI is InChI=1S/C30H28Cl2N2O6/c1-4-15-5-8-17(9-6-15)34-25(36)19-11-10-18-20(23(19)26(34)37)14-29(31)27(38)33(2)28(39)30(29,32)24(18)16-7-12-22(40-3)21(35)13-16/h5-10,12-13,19-20,23-24,35H,4,11,14H2,1-3H3. The topological polar surface area (TPSA) is 104 Å². The molecule has 0 bridgehead atoms. The highest BCUT2D eigenvalue weighted by Crippen LogP contribution is 2.65. The molecule has 2 aromatic rings. The number of fused-ring (bicyclic) bond motifs is 4. The minimum Gasteiger partial charge on any atom is -0.504 e. The number of nitrogens with zero attached hydrogens (tertiary/aromatic N) is 2. The zero-order valence-corrected chi connectivity index (χ0v) is 23.7. The number of methoxy groups -OCH3 is 1. The third-order valence-corrected chi connectivity index (χ3v) is 10.6. The molecule has 4 aliphatic rings. The van der Waals surface area contributed by atoms with Crippen LogP contribution in [-0.4, -0.2) is 57.5 Å². The van der Waals surface area contributed by atoms with E-state index in [1.807, 2.05) is 25.1 Å². The maximum Gasteiger partial charge on any atom is 0.253 e. The summed E-state index contributed by atoms with van der Waals surface area (Å²) in [5.41, 5.74) is 2.69. The zero-order chi connectivity index (χ0) is 28.7. The van der Waals surface area contributed by atoms with Crippen LogP contribution in [0.2, 0.25) is 0 Å². The molecule has 40 heavy (non-hydrogen) atoms. The van der Waals surface area contributed by atoms with E-state index in [-0.39, 0.29) is 36.2 Å². The van der Waals surface area contributed by atoms with Crippen molar-refractivity contribution in [1.29, 1.82) is 0 Å². The summed E-state index contributed by atoms with van der Waals surface area (Å²) in [5.74, 6) is -4.89. The number of rotatable bonds is 4. The van der Waals surface area contributed by atoms with Crippen molar-refractivity contribution in [3.8, 4) is 11.5 Å². The number of aromatic hydroxyl groups is 1. The highest BCUT2D eigenvalue weighted by atomic mass is 35.5. The van der Waals surface area contributed by atoms with Gasteiger partial charge in [0.15, 0.2) is 21.2 Å². The van der Waals surface area contributed by atoms with E-state index in [1.54, 1.807) is 24.3 Å². The van der Waals surface area contributed by atoms with Gasteiger partial charge in [-0.15, -0.1) is 23.2 Å². The smallest absolute Gasteiger partial charge is 0.253 e. The first kappa shape index (κ1) is 26.8. The van der Waals surface area contributed by atoms with Gasteiger partial charge in [0.2, 0.25) is 11.8 Å². The fraction of sp³-hybridized carbons (Fsp3) is 0.400. The van der Waals surface area contributed by atoms with Crippen molar-refractivity contribution in [2.75, 3.05) is 19.1 Å². The van der Waals surface area contributed by atoms with Crippen LogP contribution in [0.1, 0.15) is 36.8 Å². The number of carbonyl (C=O) groups is 4. The lowest BCUT2D eigenvalue weighted by atomic mass is 9.56. The largest absolute Gasteiger partial charge is 0.504 e. The number of phenolic OH excluding ortho intramolecular Hbond substituents is 1. The molecule has 0 aromatic heterocycles. The predicted molar refractivity (Wildman–Crippen MR) is 148 cm³/mol. The number of aryl methyl sites for hydroxylation is 1. The Balaban J connectivity index is 1.49. The predicted octanol–water partition coefficient (Wildman–Crippen LogP) is 4.16. The Morgan fingerprint density at radius 2 is 1.70 bits per heavy atom. The van der Waals surface area contributed by atoms with Crippen LogP contribution in [0.3, 0.4) is 0 Å². The monoisotopic (exact) mass is 582 g/mol. The SMILES string of the molecule is CCc1ccc(N2C(=O)C3CC=C4C(CC5(Cl)C(=O)N(C)C(=O)C5(Cl)C4c4ccc(OC)c(O)c4)C3C2=O)cc1. The van der Waals surface area contributed by atoms with Crippen LogP contribution in [0.25, 0.3) is 0 Å². The van der Waals surface area contributed by atoms with Gasteiger partial charge in [-0.25, -0.2) is 0 Å². The lowest BCUT2D eigenvalue weighted by Gasteiger charge is -2.50. The van der Waals surface area contributed by atoms with Gasteiger partial charge in [0.25, 0.3) is 11.8 Å². The molecule has 6 rings (SSSR count). The van der Waals surface area contributed by atoms with E-state index in [9.17, 15) is 24.3 Å². The molecule has 8 nitrogen and oxygen atoms in total. The average Bonchev–Trinajstić information content (AvgIpc) is 3.28. The number of halogens is 2. The summed E-state index contributed by atoms with van der Waals surface area (Å²) >= 11 is 14.3. The van der Waals surface area contributed by atoms with Crippen LogP contribution in [0, 0.1) is 17.8 Å². The maximum absolute atomic E-state index is 14.0. The highest BCUT2D eigenvalue weighted by Gasteiger charge is 2.75. The summed E-state index contributed by atoms with van der Waals surface area (Å²) in [6, 6.07) is 12.0. The lowest BCUT2D eigenvalue weighted by Crippen LogP contribution is -2.60. The van der Waals surface area contributed by atoms with E-state index in [0.717, 1.165) is 16.9 Å². The number of anilines is 1. The Bertz CT molecular complexity index is 1510. The van der Waals surface area contributed by atoms with Crippen LogP contribution >= 0.6 is 23.2 Å². The number of carbonyl (C=O) groups excluding carboxylic acids is 4. The van der Waals surface area contributed by atoms with Crippen molar-refractivity contribution in [1.82, 2.24) is 4.90 Å². The number of benzene rings is 2. The Labute approximate surface area is 241 Å². The van der Waals surface area contributed by atoms with Crippen LogP contribution in [0.5, 0.6) is 11.5 Å². The number of hydrogen-bond donors (Lipinski definition) is 1. The van der Waals surface area contributed by atoms with Crippen molar-refractivity contribution < 1.29 is 29.0 Å². The molecule has 2 aliphatic heterocycles. The normalized spacial score (nSPS) is 33.1. The molecule has 6 atom stereocenters. The van der Waals surface area contributed by atoms with E-state index in [2.05, 4.69) is 0 Å². The Morgan fingerprint density at radius 1 is 1.00 bits per heavy atom. The summed E-state index contributed by atoms with van der Waals surface area (Å²) in [6.45, 7) is 2.02. The highest BCUT2D eigenvalue weighted by molar-refractivity contribution is 6.53. The number of hydrogen-bond acceptors (Lipinski definition) is 6. The summed E-state index contributed by atoms with van der Waals surface area (Å²) in [6.07, 6.45) is 2.87. The van der Waals surface area contributed by atoms with Crippen LogP contribution < -0.4 is 9.64 Å². The van der Waals surface area contributed by atoms with Gasteiger partial charge in [-0.2, -0.15) is 0 Å². The van der Waals surface area contributed by atoms with E-state index in [4.69, 9.17) is 27.9 Å². The third-order valence-electron chi connectivity index (χ3n) is 9.15. The summed E-state index contributed by atoms with van der Waals surface area (Å²) in [7, 11) is 2.76. The molecule has 2 saturated heterocycles. The summed E-state index contributed by atoms with van der Waals surface area (Å²) in [5, 5.41) is 10.6. The van der Waals surface area contributed by atoms with Gasteiger partial charge in [0.05, 0.1) is 24.6 Å². The Morgan fingerprint density at radius 3 is 2.33 bits per heavy atom. The Hall–Kier alpha value is -3.36. The minimum atomic E-state index is -1.90. The number of allylic oxidation sites excluding steroid dienone is 2. The van der Waals surface area contributed by atoms with Crippen molar-refractivity contribution in [2.24, 2.45) is 17.8 Å². The summed E-state index contributed by atoms with van der Waals surface area (Å²) in [4.78, 5) is 53.2. The number of alkyl halides is 2. The molecule has 0 radical (unpaired) electrons. The second-order valence-electron chi connectivity index (χ2n) is 11.0. The van der Waals surface area contributed by atoms with E-state index < -0.39 is 45.2 Å². The molecular formula is C30H28Cl2N2O6. The molecular weight excluding hydrogens is 555 g/mol. The molecule has 10 heteroatoms. The average molecular weight is 583 g/mol. The molecule has 2 aliphatic carbocycles. The van der Waals surface area contributed by atoms with Gasteiger partial charge in [0.1, 0.15) is 0 Å². The van der Waals surface area contributed by atoms with Crippen LogP contribution in [0.15, 0.2) is 54.1 Å². The molecule has 1 saturated carbocycles. The number of imide groups is 2. The quantitative estimate of drug-likeness (QED) is 0.330. The number of amides is 4. The van der Waals surface area contributed by atoms with Gasteiger partial charge in [-0.3, -0.25) is 29.0 Å². The molecule has 6 unspecified atom stereocenters. The number of phenols is 1. The van der Waals surface area contributed by atoms with E-state index >= 15 is 0 Å². The number of likely N-dealkylation sites (tertiary alicyclic amines) is 1. The van der Waals surface area contributed by atoms with Gasteiger partial charge < -0.3 is 9.84 Å². The summed E-state index contributed by atoms with van der Waals surface area (Å²) < 4.78 is 5.19. The third kappa shape index (κ3) is 3.32. The number of ether oxygens (including phenoxy) is 1. The molecule has 2 heterocycles. The van der Waals surface area contributed by atoms with Crippen molar-refractivity contribution in [3.63, 3.8) is 0 Å². The van der Waals surface area contributed by atoms with Gasteiger partial charge in [-0.05, 0) is 60.6 Å². The van der Waals surface area contributed by atoms with Crippen LogP contribution in [0.4, 0.5) is 5.69 Å². The first-order valence-electron chi connectivity index (χ1n) is 13.2. The fourth-order valence-electron chi connectivity index (χ4n) is 7.14. The second-order valence-corrected chi connectivity index (χ2v) is 12.2. The molecule has 208 valence electrons. The Kier molecular flexibility index (Phi) is 6.09. The first-order chi connectivity index (χ1) is 19.0. The lowest BCUT2D eigenvalue weighted by molar-refractivity contribution is -0.138. The van der Waals surface area contributed by atoms with E-state index in [1.165, 1.54) is 25.1 Å². The van der Waals surface area contributed by atoms with Crippen molar-refractivity contribution in [3.05, 3.63) is 65.2 Å².